The molecule has 0 aliphatic rings. The molecule has 0 aliphatic heterocycles. The Morgan fingerprint density at radius 1 is 0.964 bits per heavy atom. The zero-order valence-corrected chi connectivity index (χ0v) is 15.9. The van der Waals surface area contributed by atoms with Gasteiger partial charge in [-0.1, -0.05) is 31.2 Å². The molecule has 0 fully saturated rings. The lowest BCUT2D eigenvalue weighted by Gasteiger charge is -2.11. The third-order valence-electron chi connectivity index (χ3n) is 4.11. The number of rotatable bonds is 8. The van der Waals surface area contributed by atoms with Gasteiger partial charge in [0.1, 0.15) is 5.82 Å². The van der Waals surface area contributed by atoms with Crippen LogP contribution in [0.2, 0.25) is 0 Å². The van der Waals surface area contributed by atoms with Crippen LogP contribution in [-0.2, 0) is 11.2 Å². The van der Waals surface area contributed by atoms with Crippen molar-refractivity contribution in [1.82, 2.24) is 4.98 Å². The molecule has 0 radical (unpaired) electrons. The van der Waals surface area contributed by atoms with Gasteiger partial charge in [-0.25, -0.2) is 4.98 Å². The topological polar surface area (TPSA) is 72.5 Å². The average Bonchev–Trinajstić information content (AvgIpc) is 2.74. The molecular formula is C22H23N3O3. The van der Waals surface area contributed by atoms with Crippen molar-refractivity contribution in [1.29, 1.82) is 0 Å². The Morgan fingerprint density at radius 2 is 1.68 bits per heavy atom. The number of carbonyl (C=O) groups is 1. The molecule has 6 heteroatoms. The molecular weight excluding hydrogens is 354 g/mol. The number of carbonyl (C=O) groups excluding carboxylic acids is 1. The minimum atomic E-state index is -0.297. The highest BCUT2D eigenvalue weighted by atomic mass is 16.5. The summed E-state index contributed by atoms with van der Waals surface area (Å²) in [6.07, 6.45) is 2.68. The number of methoxy groups -OCH3 is 1. The second-order valence-corrected chi connectivity index (χ2v) is 6.10. The maximum Gasteiger partial charge on any atom is 0.263 e. The Bertz CT molecular complexity index is 909. The zero-order chi connectivity index (χ0) is 19.8. The molecule has 1 heterocycles. The fourth-order valence-electron chi connectivity index (χ4n) is 2.59. The molecule has 0 aliphatic carbocycles. The van der Waals surface area contributed by atoms with Crippen molar-refractivity contribution in [2.24, 2.45) is 0 Å². The van der Waals surface area contributed by atoms with Gasteiger partial charge in [-0.3, -0.25) is 4.79 Å². The van der Waals surface area contributed by atoms with Crippen molar-refractivity contribution in [2.45, 2.75) is 13.3 Å². The molecule has 2 aromatic carbocycles. The molecule has 2 N–H and O–H groups in total. The third kappa shape index (κ3) is 5.23. The van der Waals surface area contributed by atoms with Crippen LogP contribution in [-0.4, -0.2) is 24.6 Å². The maximum absolute atomic E-state index is 12.1. The molecule has 6 nitrogen and oxygen atoms in total. The third-order valence-corrected chi connectivity index (χ3v) is 4.11. The molecule has 0 bridgehead atoms. The summed E-state index contributed by atoms with van der Waals surface area (Å²) >= 11 is 0. The smallest absolute Gasteiger partial charge is 0.263 e. The van der Waals surface area contributed by atoms with Gasteiger partial charge in [0.15, 0.2) is 18.1 Å². The highest BCUT2D eigenvalue weighted by Gasteiger charge is 2.08. The Morgan fingerprint density at radius 3 is 2.32 bits per heavy atom. The number of hydrogen-bond acceptors (Lipinski definition) is 5. The number of aryl methyl sites for hydroxylation is 1. The van der Waals surface area contributed by atoms with Crippen LogP contribution in [0.25, 0.3) is 0 Å². The number of para-hydroxylation sites is 2. The predicted molar refractivity (Wildman–Crippen MR) is 110 cm³/mol. The first-order valence-electron chi connectivity index (χ1n) is 9.05. The number of anilines is 3. The average molecular weight is 377 g/mol. The van der Waals surface area contributed by atoms with E-state index in [1.54, 1.807) is 31.5 Å². The number of nitrogens with one attached hydrogen (secondary N) is 2. The zero-order valence-electron chi connectivity index (χ0n) is 15.9. The Balaban J connectivity index is 1.52. The van der Waals surface area contributed by atoms with Gasteiger partial charge < -0.3 is 20.1 Å². The van der Waals surface area contributed by atoms with E-state index in [0.717, 1.165) is 17.8 Å². The first-order chi connectivity index (χ1) is 13.7. The Labute approximate surface area is 164 Å². The van der Waals surface area contributed by atoms with E-state index in [1.165, 1.54) is 5.56 Å². The minimum Gasteiger partial charge on any atom is -0.493 e. The van der Waals surface area contributed by atoms with Crippen molar-refractivity contribution in [3.8, 4) is 11.5 Å². The maximum atomic E-state index is 12.1. The van der Waals surface area contributed by atoms with Crippen LogP contribution < -0.4 is 20.1 Å². The first kappa shape index (κ1) is 19.2. The Hall–Kier alpha value is -3.54. The SMILES string of the molecule is CCc1ccc(Nc2ccc(NC(=O)COc3ccccc3OC)nc2)cc1. The Kier molecular flexibility index (Phi) is 6.46. The van der Waals surface area contributed by atoms with E-state index in [-0.39, 0.29) is 12.5 Å². The number of amides is 1. The van der Waals surface area contributed by atoms with E-state index in [4.69, 9.17) is 9.47 Å². The predicted octanol–water partition coefficient (Wildman–Crippen LogP) is 4.41. The summed E-state index contributed by atoms with van der Waals surface area (Å²) in [5, 5.41) is 5.99. The van der Waals surface area contributed by atoms with Crippen LogP contribution in [0.15, 0.2) is 66.9 Å². The van der Waals surface area contributed by atoms with E-state index < -0.39 is 0 Å². The van der Waals surface area contributed by atoms with E-state index in [2.05, 4.69) is 34.7 Å². The molecule has 1 amide bonds. The quantitative estimate of drug-likeness (QED) is 0.608. The van der Waals surface area contributed by atoms with Gasteiger partial charge in [-0.05, 0) is 48.4 Å². The summed E-state index contributed by atoms with van der Waals surface area (Å²) in [6, 6.07) is 19.0. The molecule has 0 unspecified atom stereocenters. The molecule has 144 valence electrons. The normalized spacial score (nSPS) is 10.2. The molecule has 0 spiro atoms. The monoisotopic (exact) mass is 377 g/mol. The molecule has 0 atom stereocenters. The van der Waals surface area contributed by atoms with Crippen LogP contribution in [0.3, 0.4) is 0 Å². The number of benzene rings is 2. The van der Waals surface area contributed by atoms with Crippen LogP contribution in [0.4, 0.5) is 17.2 Å². The number of hydrogen-bond donors (Lipinski definition) is 2. The van der Waals surface area contributed by atoms with Gasteiger partial charge in [0.2, 0.25) is 0 Å². The van der Waals surface area contributed by atoms with Gasteiger partial charge in [-0.2, -0.15) is 0 Å². The van der Waals surface area contributed by atoms with Crippen LogP contribution in [0, 0.1) is 0 Å². The number of aromatic nitrogens is 1. The lowest BCUT2D eigenvalue weighted by molar-refractivity contribution is -0.118. The highest BCUT2D eigenvalue weighted by Crippen LogP contribution is 2.25. The minimum absolute atomic E-state index is 0.133. The van der Waals surface area contributed by atoms with Gasteiger partial charge in [0.25, 0.3) is 5.91 Å². The second-order valence-electron chi connectivity index (χ2n) is 6.10. The van der Waals surface area contributed by atoms with E-state index in [1.807, 2.05) is 30.3 Å². The molecule has 3 rings (SSSR count). The van der Waals surface area contributed by atoms with E-state index in [0.29, 0.717) is 17.3 Å². The van der Waals surface area contributed by atoms with Crippen molar-refractivity contribution >= 4 is 23.1 Å². The van der Waals surface area contributed by atoms with Gasteiger partial charge >= 0.3 is 0 Å². The second kappa shape index (κ2) is 9.41. The van der Waals surface area contributed by atoms with Crippen molar-refractivity contribution < 1.29 is 14.3 Å². The number of pyridine rings is 1. The van der Waals surface area contributed by atoms with Crippen molar-refractivity contribution in [2.75, 3.05) is 24.4 Å². The van der Waals surface area contributed by atoms with Gasteiger partial charge in [-0.15, -0.1) is 0 Å². The molecule has 1 aromatic heterocycles. The highest BCUT2D eigenvalue weighted by molar-refractivity contribution is 5.91. The lowest BCUT2D eigenvalue weighted by atomic mass is 10.1. The number of ether oxygens (including phenoxy) is 2. The molecule has 3 aromatic rings. The number of nitrogens with zero attached hydrogens (tertiary/aromatic N) is 1. The van der Waals surface area contributed by atoms with Crippen LogP contribution in [0.1, 0.15) is 12.5 Å². The van der Waals surface area contributed by atoms with E-state index in [9.17, 15) is 4.79 Å². The van der Waals surface area contributed by atoms with Gasteiger partial charge in [0.05, 0.1) is 19.0 Å². The summed E-state index contributed by atoms with van der Waals surface area (Å²) < 4.78 is 10.7. The summed E-state index contributed by atoms with van der Waals surface area (Å²) in [5.74, 6) is 1.26. The largest absolute Gasteiger partial charge is 0.493 e. The van der Waals surface area contributed by atoms with Gasteiger partial charge in [0, 0.05) is 5.69 Å². The summed E-state index contributed by atoms with van der Waals surface area (Å²) in [7, 11) is 1.56. The van der Waals surface area contributed by atoms with Crippen LogP contribution in [0.5, 0.6) is 11.5 Å². The van der Waals surface area contributed by atoms with Crippen molar-refractivity contribution in [3.63, 3.8) is 0 Å². The van der Waals surface area contributed by atoms with E-state index >= 15 is 0 Å². The van der Waals surface area contributed by atoms with Crippen LogP contribution >= 0.6 is 0 Å². The fourth-order valence-corrected chi connectivity index (χ4v) is 2.59. The summed E-state index contributed by atoms with van der Waals surface area (Å²) in [5.41, 5.74) is 3.12. The summed E-state index contributed by atoms with van der Waals surface area (Å²) in [4.78, 5) is 16.4. The summed E-state index contributed by atoms with van der Waals surface area (Å²) in [6.45, 7) is 1.99. The lowest BCUT2D eigenvalue weighted by Crippen LogP contribution is -2.20. The molecule has 0 saturated heterocycles. The standard InChI is InChI=1S/C22H23N3O3/c1-3-16-8-10-17(11-9-16)24-18-12-13-21(23-14-18)25-22(26)15-28-20-7-5-4-6-19(20)27-2/h4-14,24H,3,15H2,1-2H3,(H,23,25,26). The molecule has 0 saturated carbocycles. The molecule has 28 heavy (non-hydrogen) atoms. The first-order valence-corrected chi connectivity index (χ1v) is 9.05. The fraction of sp³-hybridized carbons (Fsp3) is 0.182. The van der Waals surface area contributed by atoms with Crippen molar-refractivity contribution in [3.05, 3.63) is 72.4 Å².